The first-order chi connectivity index (χ1) is 13.3. The smallest absolute Gasteiger partial charge is 0.264 e. The van der Waals surface area contributed by atoms with Crippen LogP contribution in [0.1, 0.15) is 17.0 Å². The summed E-state index contributed by atoms with van der Waals surface area (Å²) in [6, 6.07) is 18.3. The van der Waals surface area contributed by atoms with E-state index in [1.54, 1.807) is 0 Å². The summed E-state index contributed by atoms with van der Waals surface area (Å²) in [6.45, 7) is 0. The van der Waals surface area contributed by atoms with Gasteiger partial charge in [-0.15, -0.1) is 0 Å². The predicted octanol–water partition coefficient (Wildman–Crippen LogP) is 4.87. The van der Waals surface area contributed by atoms with E-state index in [1.165, 1.54) is 22.9 Å². The van der Waals surface area contributed by atoms with Crippen molar-refractivity contribution in [1.29, 1.82) is 0 Å². The van der Waals surface area contributed by atoms with Crippen molar-refractivity contribution < 1.29 is 4.79 Å². The van der Waals surface area contributed by atoms with Crippen LogP contribution in [-0.4, -0.2) is 11.1 Å². The number of allylic oxidation sites excluding steroid dienone is 5. The van der Waals surface area contributed by atoms with E-state index in [-0.39, 0.29) is 5.91 Å². The molecule has 0 bridgehead atoms. The Kier molecular flexibility index (Phi) is 4.06. The molecule has 2 aliphatic carbocycles. The first-order valence-corrected chi connectivity index (χ1v) is 9.90. The quantitative estimate of drug-likeness (QED) is 0.766. The van der Waals surface area contributed by atoms with E-state index >= 15 is 0 Å². The molecule has 1 saturated heterocycles. The summed E-state index contributed by atoms with van der Waals surface area (Å²) in [4.78, 5) is 17.5. The Morgan fingerprint density at radius 2 is 1.89 bits per heavy atom. The molecule has 27 heavy (non-hydrogen) atoms. The van der Waals surface area contributed by atoms with E-state index in [9.17, 15) is 4.79 Å². The van der Waals surface area contributed by atoms with Gasteiger partial charge in [0, 0.05) is 5.92 Å². The fourth-order valence-corrected chi connectivity index (χ4v) is 4.77. The molecule has 1 aliphatic heterocycles. The topological polar surface area (TPSA) is 41.5 Å². The third-order valence-electron chi connectivity index (χ3n) is 5.17. The van der Waals surface area contributed by atoms with Gasteiger partial charge in [0.15, 0.2) is 5.17 Å². The molecule has 4 heteroatoms. The van der Waals surface area contributed by atoms with E-state index in [0.29, 0.717) is 21.9 Å². The molecule has 0 radical (unpaired) electrons. The van der Waals surface area contributed by atoms with Gasteiger partial charge in [0.25, 0.3) is 5.91 Å². The van der Waals surface area contributed by atoms with Gasteiger partial charge in [-0.25, -0.2) is 4.99 Å². The zero-order chi connectivity index (χ0) is 18.2. The summed E-state index contributed by atoms with van der Waals surface area (Å²) >= 11 is 1.40. The van der Waals surface area contributed by atoms with E-state index in [0.717, 1.165) is 17.7 Å². The molecule has 2 aromatic carbocycles. The van der Waals surface area contributed by atoms with Gasteiger partial charge in [-0.05, 0) is 59.0 Å². The van der Waals surface area contributed by atoms with Gasteiger partial charge < -0.3 is 5.32 Å². The highest BCUT2D eigenvalue weighted by atomic mass is 32.2. The van der Waals surface area contributed by atoms with Gasteiger partial charge in [0.2, 0.25) is 0 Å². The third-order valence-corrected chi connectivity index (χ3v) is 6.08. The summed E-state index contributed by atoms with van der Waals surface area (Å²) in [5, 5.41) is 3.49. The van der Waals surface area contributed by atoms with Crippen LogP contribution in [-0.2, 0) is 11.2 Å². The van der Waals surface area contributed by atoms with Crippen molar-refractivity contribution in [2.24, 2.45) is 10.9 Å². The third kappa shape index (κ3) is 3.17. The first-order valence-electron chi connectivity index (χ1n) is 9.09. The predicted molar refractivity (Wildman–Crippen MR) is 111 cm³/mol. The van der Waals surface area contributed by atoms with E-state index < -0.39 is 0 Å². The molecule has 2 atom stereocenters. The number of hydrogen-bond acceptors (Lipinski definition) is 3. The van der Waals surface area contributed by atoms with Crippen LogP contribution in [0.2, 0.25) is 0 Å². The fourth-order valence-electron chi connectivity index (χ4n) is 3.93. The summed E-state index contributed by atoms with van der Waals surface area (Å²) in [5.74, 6) is 0.857. The Morgan fingerprint density at radius 3 is 2.78 bits per heavy atom. The maximum atomic E-state index is 12.3. The van der Waals surface area contributed by atoms with Crippen molar-refractivity contribution in [2.45, 2.75) is 12.3 Å². The molecule has 3 aliphatic rings. The number of carbonyl (C=O) groups is 1. The lowest BCUT2D eigenvalue weighted by atomic mass is 9.86. The minimum absolute atomic E-state index is 0.0826. The number of thioether (sulfide) groups is 1. The normalized spacial score (nSPS) is 26.1. The zero-order valence-corrected chi connectivity index (χ0v) is 15.4. The highest BCUT2D eigenvalue weighted by Gasteiger charge is 2.31. The second kappa shape index (κ2) is 6.71. The van der Waals surface area contributed by atoms with Crippen LogP contribution in [0, 0.1) is 5.92 Å². The monoisotopic (exact) mass is 370 g/mol. The molecule has 1 amide bonds. The van der Waals surface area contributed by atoms with E-state index in [4.69, 9.17) is 0 Å². The number of hydrogen-bond donors (Lipinski definition) is 1. The van der Waals surface area contributed by atoms with E-state index in [2.05, 4.69) is 52.8 Å². The number of fused-ring (bicyclic) bond motifs is 3. The van der Waals surface area contributed by atoms with E-state index in [1.807, 2.05) is 36.4 Å². The van der Waals surface area contributed by atoms with Crippen LogP contribution in [0.25, 0.3) is 0 Å². The number of aliphatic imine (C=N–C) groups is 1. The maximum absolute atomic E-state index is 12.3. The van der Waals surface area contributed by atoms with Gasteiger partial charge in [0.05, 0.1) is 10.6 Å². The number of para-hydroxylation sites is 1. The molecule has 2 aromatic rings. The summed E-state index contributed by atoms with van der Waals surface area (Å²) in [5.41, 5.74) is 4.81. The average Bonchev–Trinajstić information content (AvgIpc) is 3.22. The standard InChI is InChI=1S/C23H18N2OS/c26-22-21(27-23(25-22)24-18-7-2-1-3-8-18)13-15-10-11-20-17(12-15)14-16-6-4-5-9-19(16)20/h1-13,17,20H,14H2,(H,24,25,26). The number of benzene rings is 2. The molecule has 0 spiro atoms. The highest BCUT2D eigenvalue weighted by molar-refractivity contribution is 8.18. The molecular formula is C23H18N2OS. The number of amides is 1. The number of carbonyl (C=O) groups excluding carboxylic acids is 1. The molecule has 1 heterocycles. The summed E-state index contributed by atoms with van der Waals surface area (Å²) in [6.07, 6.45) is 9.76. The van der Waals surface area contributed by atoms with Crippen molar-refractivity contribution in [3.8, 4) is 0 Å². The van der Waals surface area contributed by atoms with Crippen molar-refractivity contribution in [3.05, 3.63) is 101 Å². The molecule has 5 rings (SSSR count). The van der Waals surface area contributed by atoms with Crippen LogP contribution in [0.15, 0.2) is 94.4 Å². The number of rotatable bonds is 2. The molecule has 1 fully saturated rings. The molecule has 2 unspecified atom stereocenters. The zero-order valence-electron chi connectivity index (χ0n) is 14.6. The first kappa shape index (κ1) is 16.3. The van der Waals surface area contributed by atoms with Gasteiger partial charge in [-0.3, -0.25) is 4.79 Å². The Bertz CT molecular complexity index is 1030. The largest absolute Gasteiger partial charge is 0.300 e. The Morgan fingerprint density at radius 1 is 1.07 bits per heavy atom. The Labute approximate surface area is 162 Å². The fraction of sp³-hybridized carbons (Fsp3) is 0.130. The molecule has 132 valence electrons. The van der Waals surface area contributed by atoms with Crippen LogP contribution in [0.5, 0.6) is 0 Å². The minimum Gasteiger partial charge on any atom is -0.300 e. The molecule has 0 aromatic heterocycles. The summed E-state index contributed by atoms with van der Waals surface area (Å²) in [7, 11) is 0. The van der Waals surface area contributed by atoms with Crippen molar-refractivity contribution in [2.75, 3.05) is 0 Å². The number of nitrogens with one attached hydrogen (secondary N) is 1. The number of amidine groups is 1. The lowest BCUT2D eigenvalue weighted by Gasteiger charge is -2.18. The van der Waals surface area contributed by atoms with Crippen molar-refractivity contribution >= 4 is 28.5 Å². The second-order valence-electron chi connectivity index (χ2n) is 6.94. The van der Waals surface area contributed by atoms with Gasteiger partial charge in [-0.1, -0.05) is 60.7 Å². The molecular weight excluding hydrogens is 352 g/mol. The second-order valence-corrected chi connectivity index (χ2v) is 7.97. The van der Waals surface area contributed by atoms with Crippen LogP contribution in [0.4, 0.5) is 5.69 Å². The van der Waals surface area contributed by atoms with Gasteiger partial charge in [0.1, 0.15) is 0 Å². The van der Waals surface area contributed by atoms with Gasteiger partial charge in [-0.2, -0.15) is 0 Å². The Hall–Kier alpha value is -2.85. The SMILES string of the molecule is O=C1NC(=Nc2ccccc2)SC1=CC1=CC2Cc3ccccc3C2C=C1. The van der Waals surface area contributed by atoms with Crippen LogP contribution in [0.3, 0.4) is 0 Å². The molecule has 0 saturated carbocycles. The Balaban J connectivity index is 1.36. The molecule has 1 N–H and O–H groups in total. The summed E-state index contributed by atoms with van der Waals surface area (Å²) < 4.78 is 0. The average molecular weight is 370 g/mol. The maximum Gasteiger partial charge on any atom is 0.264 e. The lowest BCUT2D eigenvalue weighted by molar-refractivity contribution is -0.115. The minimum atomic E-state index is -0.0826. The molecule has 3 nitrogen and oxygen atoms in total. The van der Waals surface area contributed by atoms with Gasteiger partial charge >= 0.3 is 0 Å². The van der Waals surface area contributed by atoms with Crippen LogP contribution >= 0.6 is 11.8 Å². The lowest BCUT2D eigenvalue weighted by Crippen LogP contribution is -2.19. The van der Waals surface area contributed by atoms with Crippen molar-refractivity contribution in [3.63, 3.8) is 0 Å². The van der Waals surface area contributed by atoms with Crippen LogP contribution < -0.4 is 5.32 Å². The highest BCUT2D eigenvalue weighted by Crippen LogP contribution is 2.42. The van der Waals surface area contributed by atoms with Crippen molar-refractivity contribution in [1.82, 2.24) is 5.32 Å². The number of nitrogens with zero attached hydrogens (tertiary/aromatic N) is 1.